The Kier molecular flexibility index (Phi) is 3.35. The molecule has 0 bridgehead atoms. The van der Waals surface area contributed by atoms with E-state index in [2.05, 4.69) is 75.2 Å². The first kappa shape index (κ1) is 11.8. The van der Waals surface area contributed by atoms with E-state index in [1.54, 1.807) is 11.3 Å². The molecule has 0 unspecified atom stereocenters. The van der Waals surface area contributed by atoms with E-state index < -0.39 is 0 Å². The smallest absolute Gasteiger partial charge is 0.0701 e. The van der Waals surface area contributed by atoms with Gasteiger partial charge in [0.1, 0.15) is 0 Å². The molecule has 1 nitrogen and oxygen atoms in total. The van der Waals surface area contributed by atoms with E-state index in [0.717, 1.165) is 12.2 Å². The Morgan fingerprint density at radius 3 is 2.61 bits per heavy atom. The number of benzene rings is 2. The number of hydrogen-bond acceptors (Lipinski definition) is 2. The van der Waals surface area contributed by atoms with Crippen LogP contribution in [-0.2, 0) is 6.54 Å². The monoisotopic (exact) mass is 317 g/mol. The molecule has 0 aliphatic heterocycles. The lowest BCUT2D eigenvalue weighted by molar-refractivity contribution is 1.16. The first-order valence-electron chi connectivity index (χ1n) is 5.77. The number of rotatable bonds is 3. The summed E-state index contributed by atoms with van der Waals surface area (Å²) in [4.78, 5) is 0. The minimum absolute atomic E-state index is 0.862. The van der Waals surface area contributed by atoms with Crippen molar-refractivity contribution in [1.29, 1.82) is 0 Å². The molecule has 1 heterocycles. The molecule has 0 aliphatic rings. The molecular formula is C15H12BrNS. The minimum Gasteiger partial charge on any atom is -0.381 e. The Morgan fingerprint density at radius 1 is 1.00 bits per heavy atom. The predicted octanol–water partition coefficient (Wildman–Crippen LogP) is 5.28. The summed E-state index contributed by atoms with van der Waals surface area (Å²) >= 11 is 5.20. The van der Waals surface area contributed by atoms with Crippen molar-refractivity contribution < 1.29 is 0 Å². The minimum atomic E-state index is 0.862. The quantitative estimate of drug-likeness (QED) is 0.693. The highest BCUT2D eigenvalue weighted by atomic mass is 79.9. The summed E-state index contributed by atoms with van der Waals surface area (Å²) in [5.41, 5.74) is 2.47. The number of anilines is 1. The standard InChI is InChI=1S/C15H12BrNS/c16-15-7-11(10-18-15)9-17-14-6-5-12-3-1-2-4-13(12)8-14/h1-8,10,17H,9H2. The fourth-order valence-electron chi connectivity index (χ4n) is 1.94. The average Bonchev–Trinajstić information content (AvgIpc) is 2.82. The van der Waals surface area contributed by atoms with Crippen LogP contribution >= 0.6 is 27.3 Å². The van der Waals surface area contributed by atoms with Crippen molar-refractivity contribution in [3.05, 3.63) is 63.3 Å². The molecule has 0 aliphatic carbocycles. The topological polar surface area (TPSA) is 12.0 Å². The van der Waals surface area contributed by atoms with Crippen molar-refractivity contribution in [2.75, 3.05) is 5.32 Å². The van der Waals surface area contributed by atoms with Crippen LogP contribution in [0.2, 0.25) is 0 Å². The number of halogens is 1. The van der Waals surface area contributed by atoms with E-state index in [1.165, 1.54) is 20.1 Å². The molecule has 0 spiro atoms. The van der Waals surface area contributed by atoms with E-state index in [0.29, 0.717) is 0 Å². The molecule has 3 aromatic rings. The molecule has 0 atom stereocenters. The summed E-state index contributed by atoms with van der Waals surface area (Å²) in [6, 6.07) is 17.0. The van der Waals surface area contributed by atoms with Crippen LogP contribution in [0.3, 0.4) is 0 Å². The van der Waals surface area contributed by atoms with Gasteiger partial charge in [0.2, 0.25) is 0 Å². The molecule has 0 fully saturated rings. The highest BCUT2D eigenvalue weighted by molar-refractivity contribution is 9.11. The van der Waals surface area contributed by atoms with Gasteiger partial charge in [0.05, 0.1) is 3.79 Å². The number of nitrogens with one attached hydrogen (secondary N) is 1. The molecule has 0 saturated carbocycles. The van der Waals surface area contributed by atoms with Gasteiger partial charge >= 0.3 is 0 Å². The van der Waals surface area contributed by atoms with E-state index in [9.17, 15) is 0 Å². The Hall–Kier alpha value is -1.32. The summed E-state index contributed by atoms with van der Waals surface area (Å²) in [5, 5.41) is 8.17. The SMILES string of the molecule is Brc1cc(CNc2ccc3ccccc3c2)cs1. The summed E-state index contributed by atoms with van der Waals surface area (Å²) in [5.74, 6) is 0. The molecule has 0 saturated heterocycles. The number of thiophene rings is 1. The Labute approximate surface area is 119 Å². The zero-order chi connectivity index (χ0) is 12.4. The maximum Gasteiger partial charge on any atom is 0.0701 e. The zero-order valence-corrected chi connectivity index (χ0v) is 12.1. The van der Waals surface area contributed by atoms with Gasteiger partial charge < -0.3 is 5.32 Å². The summed E-state index contributed by atoms with van der Waals surface area (Å²) in [7, 11) is 0. The second-order valence-electron chi connectivity index (χ2n) is 4.17. The van der Waals surface area contributed by atoms with E-state index >= 15 is 0 Å². The molecule has 18 heavy (non-hydrogen) atoms. The maximum atomic E-state index is 3.48. The van der Waals surface area contributed by atoms with Gasteiger partial charge in [-0.3, -0.25) is 0 Å². The van der Waals surface area contributed by atoms with Crippen molar-refractivity contribution in [1.82, 2.24) is 0 Å². The lowest BCUT2D eigenvalue weighted by atomic mass is 10.1. The normalized spacial score (nSPS) is 10.7. The first-order valence-corrected chi connectivity index (χ1v) is 7.44. The lowest BCUT2D eigenvalue weighted by Crippen LogP contribution is -1.97. The van der Waals surface area contributed by atoms with Crippen LogP contribution < -0.4 is 5.32 Å². The molecule has 1 N–H and O–H groups in total. The Bertz CT molecular complexity index is 675. The van der Waals surface area contributed by atoms with Crippen molar-refractivity contribution in [2.45, 2.75) is 6.54 Å². The van der Waals surface area contributed by atoms with Gasteiger partial charge in [0, 0.05) is 12.2 Å². The Morgan fingerprint density at radius 2 is 1.83 bits per heavy atom. The molecule has 2 aromatic carbocycles. The van der Waals surface area contributed by atoms with Gasteiger partial charge in [-0.15, -0.1) is 11.3 Å². The largest absolute Gasteiger partial charge is 0.381 e. The second-order valence-corrected chi connectivity index (χ2v) is 6.47. The molecule has 3 rings (SSSR count). The first-order chi connectivity index (χ1) is 8.81. The predicted molar refractivity (Wildman–Crippen MR) is 83.3 cm³/mol. The van der Waals surface area contributed by atoms with Crippen LogP contribution in [0.5, 0.6) is 0 Å². The molecule has 90 valence electrons. The fraction of sp³-hybridized carbons (Fsp3) is 0.0667. The van der Waals surface area contributed by atoms with Crippen LogP contribution in [0.4, 0.5) is 5.69 Å². The highest BCUT2D eigenvalue weighted by Crippen LogP contribution is 2.23. The van der Waals surface area contributed by atoms with Gasteiger partial charge in [0.15, 0.2) is 0 Å². The van der Waals surface area contributed by atoms with Crippen LogP contribution in [-0.4, -0.2) is 0 Å². The van der Waals surface area contributed by atoms with Gasteiger partial charge in [-0.1, -0.05) is 30.3 Å². The summed E-state index contributed by atoms with van der Waals surface area (Å²) in [6.07, 6.45) is 0. The second kappa shape index (κ2) is 5.12. The van der Waals surface area contributed by atoms with Crippen molar-refractivity contribution in [2.24, 2.45) is 0 Å². The number of fused-ring (bicyclic) bond motifs is 1. The van der Waals surface area contributed by atoms with Gasteiger partial charge in [0.25, 0.3) is 0 Å². The highest BCUT2D eigenvalue weighted by Gasteiger charge is 1.98. The number of hydrogen-bond donors (Lipinski definition) is 1. The fourth-order valence-corrected chi connectivity index (χ4v) is 3.15. The van der Waals surface area contributed by atoms with E-state index in [-0.39, 0.29) is 0 Å². The van der Waals surface area contributed by atoms with Gasteiger partial charge in [-0.05, 0) is 55.8 Å². The summed E-state index contributed by atoms with van der Waals surface area (Å²) < 4.78 is 1.18. The van der Waals surface area contributed by atoms with Crippen LogP contribution in [0.25, 0.3) is 10.8 Å². The van der Waals surface area contributed by atoms with Crippen molar-refractivity contribution in [3.8, 4) is 0 Å². The molecular weight excluding hydrogens is 306 g/mol. The molecule has 0 amide bonds. The maximum absolute atomic E-state index is 3.48. The zero-order valence-electron chi connectivity index (χ0n) is 9.69. The van der Waals surface area contributed by atoms with Crippen molar-refractivity contribution >= 4 is 43.7 Å². The van der Waals surface area contributed by atoms with E-state index in [1.807, 2.05) is 0 Å². The van der Waals surface area contributed by atoms with Crippen LogP contribution in [0.1, 0.15) is 5.56 Å². The van der Waals surface area contributed by atoms with Crippen LogP contribution in [0.15, 0.2) is 57.7 Å². The molecule has 0 radical (unpaired) electrons. The third-order valence-corrected chi connectivity index (χ3v) is 4.42. The average molecular weight is 318 g/mol. The third-order valence-electron chi connectivity index (χ3n) is 2.87. The van der Waals surface area contributed by atoms with Gasteiger partial charge in [-0.25, -0.2) is 0 Å². The third kappa shape index (κ3) is 2.57. The van der Waals surface area contributed by atoms with Crippen LogP contribution in [0, 0.1) is 0 Å². The lowest BCUT2D eigenvalue weighted by Gasteiger charge is -2.06. The summed E-state index contributed by atoms with van der Waals surface area (Å²) in [6.45, 7) is 0.862. The Balaban J connectivity index is 1.78. The molecule has 1 aromatic heterocycles. The molecule has 3 heteroatoms. The van der Waals surface area contributed by atoms with E-state index in [4.69, 9.17) is 0 Å². The van der Waals surface area contributed by atoms with Crippen molar-refractivity contribution in [3.63, 3.8) is 0 Å². The van der Waals surface area contributed by atoms with Gasteiger partial charge in [-0.2, -0.15) is 0 Å².